The van der Waals surface area contributed by atoms with Crippen LogP contribution in [0.15, 0.2) is 18.2 Å². The molecule has 1 aromatic carbocycles. The topological polar surface area (TPSA) is 38.8 Å². The molecule has 1 aliphatic rings. The van der Waals surface area contributed by atoms with Crippen LogP contribution < -0.4 is 14.4 Å². The van der Waals surface area contributed by atoms with Crippen LogP contribution in [0, 0.1) is 0 Å². The number of fused-ring (bicyclic) bond motifs is 1. The molecule has 1 aliphatic heterocycles. The van der Waals surface area contributed by atoms with E-state index in [9.17, 15) is 4.79 Å². The Labute approximate surface area is 94.8 Å². The van der Waals surface area contributed by atoms with E-state index in [0.717, 1.165) is 23.7 Å². The van der Waals surface area contributed by atoms with Gasteiger partial charge in [-0.3, -0.25) is 4.79 Å². The van der Waals surface area contributed by atoms with Gasteiger partial charge in [-0.05, 0) is 19.1 Å². The number of hydrogen-bond acceptors (Lipinski definition) is 4. The van der Waals surface area contributed by atoms with Crippen LogP contribution in [0.1, 0.15) is 13.3 Å². The van der Waals surface area contributed by atoms with Crippen LogP contribution >= 0.6 is 0 Å². The maximum absolute atomic E-state index is 10.9. The maximum atomic E-state index is 10.9. The smallest absolute Gasteiger partial charge is 0.231 e. The average Bonchev–Trinajstić information content (AvgIpc) is 2.72. The van der Waals surface area contributed by atoms with Crippen LogP contribution in [0.2, 0.25) is 0 Å². The maximum Gasteiger partial charge on any atom is 0.231 e. The average molecular weight is 221 g/mol. The lowest BCUT2D eigenvalue weighted by Gasteiger charge is -2.18. The third-order valence-electron chi connectivity index (χ3n) is 2.60. The molecule has 0 atom stereocenters. The van der Waals surface area contributed by atoms with Gasteiger partial charge in [-0.25, -0.2) is 0 Å². The Kier molecular flexibility index (Phi) is 2.99. The van der Waals surface area contributed by atoms with E-state index < -0.39 is 0 Å². The molecule has 0 saturated heterocycles. The van der Waals surface area contributed by atoms with Gasteiger partial charge in [-0.1, -0.05) is 0 Å². The number of carbonyl (C=O) groups is 1. The predicted molar refractivity (Wildman–Crippen MR) is 61.1 cm³/mol. The highest BCUT2D eigenvalue weighted by molar-refractivity contribution is 5.76. The van der Waals surface area contributed by atoms with Crippen LogP contribution in [0.3, 0.4) is 0 Å². The van der Waals surface area contributed by atoms with E-state index in [1.165, 1.54) is 0 Å². The zero-order chi connectivity index (χ0) is 11.5. The fraction of sp³-hybridized carbons (Fsp3) is 0.417. The molecule has 0 radical (unpaired) electrons. The Morgan fingerprint density at radius 3 is 2.88 bits per heavy atom. The summed E-state index contributed by atoms with van der Waals surface area (Å²) in [5.74, 6) is 1.75. The number of ether oxygens (including phenoxy) is 2. The summed E-state index contributed by atoms with van der Waals surface area (Å²) in [4.78, 5) is 12.9. The highest BCUT2D eigenvalue weighted by Crippen LogP contribution is 2.35. The van der Waals surface area contributed by atoms with Gasteiger partial charge < -0.3 is 14.4 Å². The van der Waals surface area contributed by atoms with E-state index in [1.54, 1.807) is 6.92 Å². The summed E-state index contributed by atoms with van der Waals surface area (Å²) in [7, 11) is 1.96. The predicted octanol–water partition coefficient (Wildman–Crippen LogP) is 1.83. The number of anilines is 1. The third kappa shape index (κ3) is 2.27. The Balaban J connectivity index is 2.06. The van der Waals surface area contributed by atoms with Crippen molar-refractivity contribution in [2.45, 2.75) is 13.3 Å². The lowest BCUT2D eigenvalue weighted by molar-refractivity contribution is -0.116. The van der Waals surface area contributed by atoms with Crippen LogP contribution in [-0.4, -0.2) is 26.2 Å². The summed E-state index contributed by atoms with van der Waals surface area (Å²) in [5, 5.41) is 0. The summed E-state index contributed by atoms with van der Waals surface area (Å²) in [6.45, 7) is 2.61. The van der Waals surface area contributed by atoms with Crippen molar-refractivity contribution >= 4 is 11.5 Å². The number of rotatable bonds is 4. The van der Waals surface area contributed by atoms with Crippen molar-refractivity contribution in [3.63, 3.8) is 0 Å². The molecule has 16 heavy (non-hydrogen) atoms. The minimum Gasteiger partial charge on any atom is -0.454 e. The van der Waals surface area contributed by atoms with E-state index in [0.29, 0.717) is 6.42 Å². The molecule has 86 valence electrons. The zero-order valence-electron chi connectivity index (χ0n) is 9.53. The minimum atomic E-state index is 0.201. The second kappa shape index (κ2) is 4.43. The molecule has 0 spiro atoms. The van der Waals surface area contributed by atoms with E-state index in [1.807, 2.05) is 30.1 Å². The standard InChI is InChI=1S/C12H15NO3/c1-9(14)5-6-13(2)10-3-4-11-12(7-10)16-8-15-11/h3-4,7H,5-6,8H2,1-2H3. The van der Waals surface area contributed by atoms with Crippen LogP contribution in [0.4, 0.5) is 5.69 Å². The Morgan fingerprint density at radius 1 is 1.38 bits per heavy atom. The minimum absolute atomic E-state index is 0.201. The molecule has 0 unspecified atom stereocenters. The first-order chi connectivity index (χ1) is 7.66. The van der Waals surface area contributed by atoms with E-state index in [4.69, 9.17) is 9.47 Å². The molecule has 1 aromatic rings. The van der Waals surface area contributed by atoms with E-state index in [-0.39, 0.29) is 12.6 Å². The lowest BCUT2D eigenvalue weighted by Crippen LogP contribution is -2.20. The first-order valence-corrected chi connectivity index (χ1v) is 5.27. The highest BCUT2D eigenvalue weighted by Gasteiger charge is 2.14. The van der Waals surface area contributed by atoms with Gasteiger partial charge in [-0.2, -0.15) is 0 Å². The van der Waals surface area contributed by atoms with Crippen molar-refractivity contribution in [1.82, 2.24) is 0 Å². The van der Waals surface area contributed by atoms with Crippen molar-refractivity contribution < 1.29 is 14.3 Å². The molecule has 4 nitrogen and oxygen atoms in total. The Morgan fingerprint density at radius 2 is 2.12 bits per heavy atom. The summed E-state index contributed by atoms with van der Waals surface area (Å²) in [6, 6.07) is 5.79. The highest BCUT2D eigenvalue weighted by atomic mass is 16.7. The summed E-state index contributed by atoms with van der Waals surface area (Å²) in [6.07, 6.45) is 0.560. The molecule has 4 heteroatoms. The van der Waals surface area contributed by atoms with Crippen LogP contribution in [0.5, 0.6) is 11.5 Å². The molecule has 1 heterocycles. The monoisotopic (exact) mass is 221 g/mol. The first kappa shape index (κ1) is 10.8. The van der Waals surface area contributed by atoms with Gasteiger partial charge in [0, 0.05) is 31.8 Å². The van der Waals surface area contributed by atoms with Crippen molar-refractivity contribution in [2.24, 2.45) is 0 Å². The van der Waals surface area contributed by atoms with Crippen LogP contribution in [0.25, 0.3) is 0 Å². The molecule has 0 bridgehead atoms. The number of hydrogen-bond donors (Lipinski definition) is 0. The molecule has 0 amide bonds. The quantitative estimate of drug-likeness (QED) is 0.777. The number of ketones is 1. The number of benzene rings is 1. The molecule has 2 rings (SSSR count). The molecular weight excluding hydrogens is 206 g/mol. The van der Waals surface area contributed by atoms with Gasteiger partial charge in [0.2, 0.25) is 6.79 Å². The molecule has 0 saturated carbocycles. The van der Waals surface area contributed by atoms with Crippen LogP contribution in [-0.2, 0) is 4.79 Å². The van der Waals surface area contributed by atoms with Gasteiger partial charge in [0.25, 0.3) is 0 Å². The summed E-state index contributed by atoms with van der Waals surface area (Å²) in [5.41, 5.74) is 1.03. The number of nitrogens with zero attached hydrogens (tertiary/aromatic N) is 1. The largest absolute Gasteiger partial charge is 0.454 e. The molecule has 0 N–H and O–H groups in total. The van der Waals surface area contributed by atoms with Crippen molar-refractivity contribution in [2.75, 3.05) is 25.3 Å². The second-order valence-corrected chi connectivity index (χ2v) is 3.91. The molecule has 0 fully saturated rings. The number of Topliss-reactive ketones (excluding diaryl/α,β-unsaturated/α-hetero) is 1. The zero-order valence-corrected chi connectivity index (χ0v) is 9.53. The third-order valence-corrected chi connectivity index (χ3v) is 2.60. The Bertz CT molecular complexity index is 403. The van der Waals surface area contributed by atoms with E-state index >= 15 is 0 Å². The Hall–Kier alpha value is -1.71. The molecule has 0 aliphatic carbocycles. The van der Waals surface area contributed by atoms with Gasteiger partial charge >= 0.3 is 0 Å². The van der Waals surface area contributed by atoms with Gasteiger partial charge in [0.05, 0.1) is 0 Å². The normalized spacial score (nSPS) is 12.6. The van der Waals surface area contributed by atoms with Gasteiger partial charge in [0.1, 0.15) is 5.78 Å². The lowest BCUT2D eigenvalue weighted by atomic mass is 10.2. The second-order valence-electron chi connectivity index (χ2n) is 3.91. The fourth-order valence-corrected chi connectivity index (χ4v) is 1.58. The molecular formula is C12H15NO3. The van der Waals surface area contributed by atoms with Crippen molar-refractivity contribution in [3.05, 3.63) is 18.2 Å². The summed E-state index contributed by atoms with van der Waals surface area (Å²) >= 11 is 0. The van der Waals surface area contributed by atoms with Crippen molar-refractivity contribution in [1.29, 1.82) is 0 Å². The van der Waals surface area contributed by atoms with Gasteiger partial charge in [-0.15, -0.1) is 0 Å². The first-order valence-electron chi connectivity index (χ1n) is 5.27. The summed E-state index contributed by atoms with van der Waals surface area (Å²) < 4.78 is 10.5. The van der Waals surface area contributed by atoms with Gasteiger partial charge in [0.15, 0.2) is 11.5 Å². The molecule has 0 aromatic heterocycles. The number of carbonyl (C=O) groups excluding carboxylic acids is 1. The van der Waals surface area contributed by atoms with Crippen molar-refractivity contribution in [3.8, 4) is 11.5 Å². The van der Waals surface area contributed by atoms with E-state index in [2.05, 4.69) is 0 Å². The fourth-order valence-electron chi connectivity index (χ4n) is 1.58. The SMILES string of the molecule is CC(=O)CCN(C)c1ccc2c(c1)OCO2.